The minimum absolute atomic E-state index is 0.00568. The fraction of sp³-hybridized carbons (Fsp3) is 0.389. The van der Waals surface area contributed by atoms with Crippen molar-refractivity contribution in [3.8, 4) is 6.01 Å². The fourth-order valence-electron chi connectivity index (χ4n) is 3.21. The number of nitrogens with zero attached hydrogens (tertiary/aromatic N) is 4. The molecule has 1 fully saturated rings. The van der Waals surface area contributed by atoms with Gasteiger partial charge >= 0.3 is 6.01 Å². The van der Waals surface area contributed by atoms with Gasteiger partial charge in [-0.15, -0.1) is 0 Å². The zero-order valence-electron chi connectivity index (χ0n) is 14.9. The Balaban J connectivity index is 1.69. The molecule has 0 spiro atoms. The van der Waals surface area contributed by atoms with E-state index in [0.29, 0.717) is 16.7 Å². The number of imidazole rings is 1. The first-order chi connectivity index (χ1) is 13.0. The van der Waals surface area contributed by atoms with E-state index in [9.17, 15) is 8.78 Å². The minimum atomic E-state index is -0.617. The first kappa shape index (κ1) is 17.6. The van der Waals surface area contributed by atoms with Crippen molar-refractivity contribution in [2.45, 2.75) is 32.4 Å². The summed E-state index contributed by atoms with van der Waals surface area (Å²) in [5.74, 6) is -1.02. The van der Waals surface area contributed by atoms with Gasteiger partial charge < -0.3 is 20.4 Å². The van der Waals surface area contributed by atoms with E-state index in [4.69, 9.17) is 10.5 Å². The third-order valence-corrected chi connectivity index (χ3v) is 4.74. The van der Waals surface area contributed by atoms with E-state index < -0.39 is 11.6 Å². The van der Waals surface area contributed by atoms with Gasteiger partial charge in [0.15, 0.2) is 17.0 Å². The summed E-state index contributed by atoms with van der Waals surface area (Å²) in [4.78, 5) is 12.7. The summed E-state index contributed by atoms with van der Waals surface area (Å²) >= 11 is 0. The number of piperidine rings is 1. The molecule has 3 aromatic rings. The lowest BCUT2D eigenvalue weighted by molar-refractivity contribution is 0.149. The van der Waals surface area contributed by atoms with Crippen molar-refractivity contribution in [1.82, 2.24) is 24.8 Å². The molecule has 1 aliphatic rings. The van der Waals surface area contributed by atoms with Crippen LogP contribution in [0.1, 0.15) is 24.0 Å². The topological polar surface area (TPSA) is 90.9 Å². The lowest BCUT2D eigenvalue weighted by atomic mass is 10.1. The number of aromatic nitrogens is 4. The standard InChI is InChI=1S/C18H20F2N6O/c1-10-2-3-13(19)12(14(10)20)8-26-9-23-15-16(21)24-18(25-17(15)26)27-11-4-6-22-7-5-11/h2-3,9,11,22H,4-8H2,1H3,(H2,21,24,25). The molecule has 2 aromatic heterocycles. The first-order valence-corrected chi connectivity index (χ1v) is 8.82. The molecule has 0 atom stereocenters. The minimum Gasteiger partial charge on any atom is -0.460 e. The first-order valence-electron chi connectivity index (χ1n) is 8.82. The third kappa shape index (κ3) is 3.42. The number of aryl methyl sites for hydroxylation is 1. The number of hydrogen-bond acceptors (Lipinski definition) is 6. The number of rotatable bonds is 4. The number of ether oxygens (including phenoxy) is 1. The number of nitrogens with one attached hydrogen (secondary N) is 1. The average Bonchev–Trinajstić information content (AvgIpc) is 3.06. The number of benzene rings is 1. The summed E-state index contributed by atoms with van der Waals surface area (Å²) in [5, 5.41) is 3.26. The molecule has 3 heterocycles. The summed E-state index contributed by atoms with van der Waals surface area (Å²) in [6, 6.07) is 2.81. The Morgan fingerprint density at radius 3 is 2.81 bits per heavy atom. The van der Waals surface area contributed by atoms with Crippen LogP contribution in [0.25, 0.3) is 11.2 Å². The molecular formula is C18H20F2N6O. The van der Waals surface area contributed by atoms with Gasteiger partial charge in [0.05, 0.1) is 12.9 Å². The average molecular weight is 374 g/mol. The molecule has 0 amide bonds. The van der Waals surface area contributed by atoms with Crippen LogP contribution in [-0.2, 0) is 6.54 Å². The largest absolute Gasteiger partial charge is 0.460 e. The summed E-state index contributed by atoms with van der Waals surface area (Å²) in [6.45, 7) is 3.27. The predicted molar refractivity (Wildman–Crippen MR) is 96.5 cm³/mol. The molecule has 3 N–H and O–H groups in total. The normalized spacial score (nSPS) is 15.4. The summed E-state index contributed by atoms with van der Waals surface area (Å²) in [5.41, 5.74) is 7.07. The lowest BCUT2D eigenvalue weighted by Crippen LogP contribution is -2.34. The fourth-order valence-corrected chi connectivity index (χ4v) is 3.21. The highest BCUT2D eigenvalue weighted by Gasteiger charge is 2.19. The van der Waals surface area contributed by atoms with Crippen LogP contribution in [0, 0.1) is 18.6 Å². The van der Waals surface area contributed by atoms with Crippen molar-refractivity contribution in [2.24, 2.45) is 0 Å². The Morgan fingerprint density at radius 1 is 1.26 bits per heavy atom. The molecule has 0 bridgehead atoms. The molecule has 142 valence electrons. The molecule has 7 nitrogen and oxygen atoms in total. The van der Waals surface area contributed by atoms with Crippen molar-refractivity contribution < 1.29 is 13.5 Å². The number of halogens is 2. The van der Waals surface area contributed by atoms with Gasteiger partial charge in [0.1, 0.15) is 17.7 Å². The third-order valence-electron chi connectivity index (χ3n) is 4.74. The van der Waals surface area contributed by atoms with Gasteiger partial charge in [-0.3, -0.25) is 0 Å². The molecule has 1 aliphatic heterocycles. The van der Waals surface area contributed by atoms with E-state index in [1.165, 1.54) is 18.5 Å². The highest BCUT2D eigenvalue weighted by Crippen LogP contribution is 2.24. The summed E-state index contributed by atoms with van der Waals surface area (Å²) in [7, 11) is 0. The van der Waals surface area contributed by atoms with E-state index in [1.807, 2.05) is 0 Å². The second kappa shape index (κ2) is 7.07. The monoisotopic (exact) mass is 374 g/mol. The van der Waals surface area contributed by atoms with Crippen LogP contribution in [0.2, 0.25) is 0 Å². The second-order valence-electron chi connectivity index (χ2n) is 6.66. The molecule has 1 aromatic carbocycles. The zero-order valence-corrected chi connectivity index (χ0v) is 14.9. The highest BCUT2D eigenvalue weighted by atomic mass is 19.1. The maximum Gasteiger partial charge on any atom is 0.320 e. The van der Waals surface area contributed by atoms with Gasteiger partial charge in [-0.2, -0.15) is 9.97 Å². The van der Waals surface area contributed by atoms with Crippen LogP contribution in [0.15, 0.2) is 18.5 Å². The van der Waals surface area contributed by atoms with Crippen molar-refractivity contribution in [3.05, 3.63) is 41.2 Å². The molecule has 0 radical (unpaired) electrons. The van der Waals surface area contributed by atoms with Crippen LogP contribution in [0.3, 0.4) is 0 Å². The summed E-state index contributed by atoms with van der Waals surface area (Å²) < 4.78 is 35.9. The van der Waals surface area contributed by atoms with Gasteiger partial charge in [0.2, 0.25) is 0 Å². The van der Waals surface area contributed by atoms with Gasteiger partial charge in [0, 0.05) is 5.56 Å². The Hall–Kier alpha value is -2.81. The molecular weight excluding hydrogens is 354 g/mol. The van der Waals surface area contributed by atoms with Crippen molar-refractivity contribution in [3.63, 3.8) is 0 Å². The van der Waals surface area contributed by atoms with Crippen LogP contribution >= 0.6 is 0 Å². The van der Waals surface area contributed by atoms with Gasteiger partial charge in [-0.25, -0.2) is 13.8 Å². The Kier molecular flexibility index (Phi) is 4.61. The Morgan fingerprint density at radius 2 is 2.04 bits per heavy atom. The molecule has 0 aliphatic carbocycles. The number of fused-ring (bicyclic) bond motifs is 1. The molecule has 27 heavy (non-hydrogen) atoms. The van der Waals surface area contributed by atoms with Crippen LogP contribution in [0.4, 0.5) is 14.6 Å². The van der Waals surface area contributed by atoms with Crippen molar-refractivity contribution in [1.29, 1.82) is 0 Å². The number of hydrogen-bond donors (Lipinski definition) is 2. The van der Waals surface area contributed by atoms with E-state index in [-0.39, 0.29) is 30.0 Å². The summed E-state index contributed by atoms with van der Waals surface area (Å²) in [6.07, 6.45) is 3.15. The quantitative estimate of drug-likeness (QED) is 0.727. The van der Waals surface area contributed by atoms with Crippen LogP contribution < -0.4 is 15.8 Å². The molecule has 0 unspecified atom stereocenters. The zero-order chi connectivity index (χ0) is 19.0. The SMILES string of the molecule is Cc1ccc(F)c(Cn2cnc3c(N)nc(OC4CCNCC4)nc32)c1F. The smallest absolute Gasteiger partial charge is 0.320 e. The van der Waals surface area contributed by atoms with E-state index >= 15 is 0 Å². The number of nitrogens with two attached hydrogens (primary N) is 1. The van der Waals surface area contributed by atoms with Crippen molar-refractivity contribution in [2.75, 3.05) is 18.8 Å². The molecule has 9 heteroatoms. The van der Waals surface area contributed by atoms with Gasteiger partial charge in [-0.1, -0.05) is 6.07 Å². The predicted octanol–water partition coefficient (Wildman–Crippen LogP) is 2.17. The van der Waals surface area contributed by atoms with Gasteiger partial charge in [-0.05, 0) is 44.5 Å². The highest BCUT2D eigenvalue weighted by molar-refractivity contribution is 5.82. The second-order valence-corrected chi connectivity index (χ2v) is 6.66. The molecule has 4 rings (SSSR count). The number of anilines is 1. The van der Waals surface area contributed by atoms with Crippen molar-refractivity contribution >= 4 is 17.0 Å². The Labute approximate surface area is 154 Å². The Bertz CT molecular complexity index is 984. The van der Waals surface area contributed by atoms with Gasteiger partial charge in [0.25, 0.3) is 0 Å². The van der Waals surface area contributed by atoms with Crippen LogP contribution in [0.5, 0.6) is 6.01 Å². The van der Waals surface area contributed by atoms with E-state index in [0.717, 1.165) is 25.9 Å². The van der Waals surface area contributed by atoms with E-state index in [1.54, 1.807) is 11.5 Å². The molecule has 0 saturated carbocycles. The van der Waals surface area contributed by atoms with E-state index in [2.05, 4.69) is 20.3 Å². The molecule has 1 saturated heterocycles. The lowest BCUT2D eigenvalue weighted by Gasteiger charge is -2.22. The maximum atomic E-state index is 14.4. The number of nitrogen functional groups attached to an aromatic ring is 1. The van der Waals surface area contributed by atoms with Crippen LogP contribution in [-0.4, -0.2) is 38.7 Å². The maximum absolute atomic E-state index is 14.4.